The van der Waals surface area contributed by atoms with Crippen LogP contribution in [-0.2, 0) is 0 Å². The Morgan fingerprint density at radius 1 is 0.929 bits per heavy atom. The number of amides is 1. The van der Waals surface area contributed by atoms with E-state index in [1.165, 1.54) is 5.56 Å². The molecule has 1 amide bonds. The zero-order valence-electron chi connectivity index (χ0n) is 16.0. The quantitative estimate of drug-likeness (QED) is 0.560. The van der Waals surface area contributed by atoms with Gasteiger partial charge in [-0.15, -0.1) is 0 Å². The molecular formula is C23H20N4O. The molecule has 0 saturated heterocycles. The molecule has 2 aromatic carbocycles. The summed E-state index contributed by atoms with van der Waals surface area (Å²) in [5.41, 5.74) is 6.19. The van der Waals surface area contributed by atoms with E-state index in [-0.39, 0.29) is 5.91 Å². The minimum absolute atomic E-state index is 0.145. The summed E-state index contributed by atoms with van der Waals surface area (Å²) in [6.07, 6.45) is 5.15. The third-order valence-electron chi connectivity index (χ3n) is 4.73. The molecular weight excluding hydrogens is 348 g/mol. The van der Waals surface area contributed by atoms with E-state index in [0.29, 0.717) is 11.4 Å². The van der Waals surface area contributed by atoms with Gasteiger partial charge in [-0.2, -0.15) is 0 Å². The van der Waals surface area contributed by atoms with Gasteiger partial charge in [0, 0.05) is 40.8 Å². The van der Waals surface area contributed by atoms with E-state index in [4.69, 9.17) is 0 Å². The zero-order chi connectivity index (χ0) is 19.7. The fraction of sp³-hybridized carbons (Fsp3) is 0.130. The van der Waals surface area contributed by atoms with Crippen molar-refractivity contribution in [1.82, 2.24) is 15.0 Å². The molecule has 0 radical (unpaired) electrons. The normalized spacial score (nSPS) is 10.8. The molecule has 5 heteroatoms. The first-order chi connectivity index (χ1) is 13.5. The number of hydrogen-bond acceptors (Lipinski definition) is 4. The van der Waals surface area contributed by atoms with Gasteiger partial charge in [0.05, 0.1) is 5.52 Å². The maximum absolute atomic E-state index is 12.6. The molecule has 28 heavy (non-hydrogen) atoms. The highest BCUT2D eigenvalue weighted by molar-refractivity contribution is 6.05. The Kier molecular flexibility index (Phi) is 4.57. The van der Waals surface area contributed by atoms with Crippen LogP contribution in [0.25, 0.3) is 22.3 Å². The van der Waals surface area contributed by atoms with Crippen LogP contribution in [0.5, 0.6) is 0 Å². The van der Waals surface area contributed by atoms with E-state index in [2.05, 4.69) is 33.3 Å². The number of hydrogen-bond donors (Lipinski definition) is 1. The number of aromatic nitrogens is 3. The highest BCUT2D eigenvalue weighted by atomic mass is 16.1. The van der Waals surface area contributed by atoms with Crippen molar-refractivity contribution in [3.63, 3.8) is 0 Å². The van der Waals surface area contributed by atoms with Gasteiger partial charge < -0.3 is 5.32 Å². The summed E-state index contributed by atoms with van der Waals surface area (Å²) in [4.78, 5) is 25.8. The first-order valence-electron chi connectivity index (χ1n) is 9.07. The highest BCUT2D eigenvalue weighted by Gasteiger charge is 2.12. The number of pyridine rings is 1. The molecule has 5 nitrogen and oxygen atoms in total. The molecule has 0 aliphatic heterocycles. The smallest absolute Gasteiger partial charge is 0.256 e. The Bertz CT molecular complexity index is 1200. The molecule has 2 aromatic heterocycles. The summed E-state index contributed by atoms with van der Waals surface area (Å²) >= 11 is 0. The zero-order valence-corrected chi connectivity index (χ0v) is 16.0. The maximum Gasteiger partial charge on any atom is 0.256 e. The molecule has 2 heterocycles. The van der Waals surface area contributed by atoms with Crippen LogP contribution in [0.3, 0.4) is 0 Å². The van der Waals surface area contributed by atoms with Crippen LogP contribution in [0.15, 0.2) is 61.1 Å². The largest absolute Gasteiger partial charge is 0.322 e. The van der Waals surface area contributed by atoms with Gasteiger partial charge in [-0.25, -0.2) is 9.97 Å². The van der Waals surface area contributed by atoms with Crippen molar-refractivity contribution in [2.75, 3.05) is 5.32 Å². The molecule has 138 valence electrons. The molecule has 0 spiro atoms. The lowest BCUT2D eigenvalue weighted by Crippen LogP contribution is -2.14. The molecule has 0 atom stereocenters. The predicted octanol–water partition coefficient (Wildman–Crippen LogP) is 4.87. The van der Waals surface area contributed by atoms with Crippen LogP contribution in [0.1, 0.15) is 27.0 Å². The standard InChI is InChI=1S/C23H20N4O/c1-14-4-6-21-18(10-14)13-25-22(26-21)17-5-7-20(15(2)11-17)27-23(28)19-8-9-24-12-16(19)3/h4-13H,1-3H3,(H,27,28). The number of carbonyl (C=O) groups excluding carboxylic acids is 1. The van der Waals surface area contributed by atoms with Gasteiger partial charge >= 0.3 is 0 Å². The van der Waals surface area contributed by atoms with E-state index >= 15 is 0 Å². The van der Waals surface area contributed by atoms with Crippen LogP contribution in [0.2, 0.25) is 0 Å². The van der Waals surface area contributed by atoms with Crippen LogP contribution in [0.4, 0.5) is 5.69 Å². The van der Waals surface area contributed by atoms with E-state index in [1.807, 2.05) is 50.4 Å². The van der Waals surface area contributed by atoms with Crippen molar-refractivity contribution < 1.29 is 4.79 Å². The average molecular weight is 368 g/mol. The number of carbonyl (C=O) groups is 1. The van der Waals surface area contributed by atoms with Gasteiger partial charge in [-0.3, -0.25) is 9.78 Å². The number of benzene rings is 2. The van der Waals surface area contributed by atoms with Crippen LogP contribution in [-0.4, -0.2) is 20.9 Å². The first-order valence-corrected chi connectivity index (χ1v) is 9.07. The Hall–Kier alpha value is -3.60. The number of nitrogens with zero attached hydrogens (tertiary/aromatic N) is 3. The minimum Gasteiger partial charge on any atom is -0.322 e. The summed E-state index contributed by atoms with van der Waals surface area (Å²) in [5.74, 6) is 0.524. The van der Waals surface area contributed by atoms with E-state index in [9.17, 15) is 4.79 Å². The molecule has 1 N–H and O–H groups in total. The average Bonchev–Trinajstić information content (AvgIpc) is 2.69. The summed E-state index contributed by atoms with van der Waals surface area (Å²) in [6, 6.07) is 13.7. The molecule has 0 unspecified atom stereocenters. The highest BCUT2D eigenvalue weighted by Crippen LogP contribution is 2.24. The van der Waals surface area contributed by atoms with Crippen molar-refractivity contribution in [1.29, 1.82) is 0 Å². The van der Waals surface area contributed by atoms with Crippen molar-refractivity contribution in [3.05, 3.63) is 83.3 Å². The number of rotatable bonds is 3. The molecule has 0 saturated carbocycles. The number of aryl methyl sites for hydroxylation is 3. The molecule has 0 bridgehead atoms. The second kappa shape index (κ2) is 7.19. The molecule has 0 aliphatic rings. The Morgan fingerprint density at radius 3 is 2.57 bits per heavy atom. The maximum atomic E-state index is 12.6. The topological polar surface area (TPSA) is 67.8 Å². The Balaban J connectivity index is 1.62. The van der Waals surface area contributed by atoms with Crippen LogP contribution >= 0.6 is 0 Å². The van der Waals surface area contributed by atoms with Crippen LogP contribution < -0.4 is 5.32 Å². The predicted molar refractivity (Wildman–Crippen MR) is 111 cm³/mol. The fourth-order valence-electron chi connectivity index (χ4n) is 3.15. The van der Waals surface area contributed by atoms with E-state index < -0.39 is 0 Å². The lowest BCUT2D eigenvalue weighted by atomic mass is 10.1. The second-order valence-corrected chi connectivity index (χ2v) is 6.93. The van der Waals surface area contributed by atoms with Crippen molar-refractivity contribution >= 4 is 22.5 Å². The monoisotopic (exact) mass is 368 g/mol. The lowest BCUT2D eigenvalue weighted by Gasteiger charge is -2.11. The number of nitrogens with one attached hydrogen (secondary N) is 1. The Labute approximate surface area is 163 Å². The van der Waals surface area contributed by atoms with Gasteiger partial charge in [0.25, 0.3) is 5.91 Å². The van der Waals surface area contributed by atoms with E-state index in [1.54, 1.807) is 18.5 Å². The molecule has 0 fully saturated rings. The van der Waals surface area contributed by atoms with E-state index in [0.717, 1.165) is 33.3 Å². The second-order valence-electron chi connectivity index (χ2n) is 6.93. The van der Waals surface area contributed by atoms with Crippen molar-refractivity contribution in [2.45, 2.75) is 20.8 Å². The van der Waals surface area contributed by atoms with Gasteiger partial charge in [-0.05, 0) is 68.3 Å². The fourth-order valence-corrected chi connectivity index (χ4v) is 3.15. The third-order valence-corrected chi connectivity index (χ3v) is 4.73. The number of fused-ring (bicyclic) bond motifs is 1. The minimum atomic E-state index is -0.145. The number of anilines is 1. The summed E-state index contributed by atoms with van der Waals surface area (Å²) in [7, 11) is 0. The molecule has 0 aliphatic carbocycles. The molecule has 4 aromatic rings. The van der Waals surface area contributed by atoms with Crippen molar-refractivity contribution in [2.24, 2.45) is 0 Å². The van der Waals surface area contributed by atoms with Gasteiger partial charge in [-0.1, -0.05) is 11.6 Å². The SMILES string of the molecule is Cc1ccc2nc(-c3ccc(NC(=O)c4ccncc4C)c(C)c3)ncc2c1. The molecule has 4 rings (SSSR count). The third kappa shape index (κ3) is 3.47. The summed E-state index contributed by atoms with van der Waals surface area (Å²) in [5, 5.41) is 4.00. The van der Waals surface area contributed by atoms with Crippen LogP contribution in [0, 0.1) is 20.8 Å². The van der Waals surface area contributed by atoms with Gasteiger partial charge in [0.2, 0.25) is 0 Å². The first kappa shape index (κ1) is 17.8. The summed E-state index contributed by atoms with van der Waals surface area (Å²) in [6.45, 7) is 5.89. The summed E-state index contributed by atoms with van der Waals surface area (Å²) < 4.78 is 0. The van der Waals surface area contributed by atoms with Gasteiger partial charge in [0.15, 0.2) is 5.82 Å². The Morgan fingerprint density at radius 2 is 1.79 bits per heavy atom. The van der Waals surface area contributed by atoms with Gasteiger partial charge in [0.1, 0.15) is 0 Å². The van der Waals surface area contributed by atoms with Crippen molar-refractivity contribution in [3.8, 4) is 11.4 Å². The lowest BCUT2D eigenvalue weighted by molar-refractivity contribution is 0.102.